The quantitative estimate of drug-likeness (QED) is 0.778. The summed E-state index contributed by atoms with van der Waals surface area (Å²) in [6.45, 7) is 2.10. The maximum atomic E-state index is 4.22. The summed E-state index contributed by atoms with van der Waals surface area (Å²) in [5.74, 6) is 0. The molecule has 0 aliphatic rings. The topological polar surface area (TPSA) is 25.8 Å². The highest BCUT2D eigenvalue weighted by Crippen LogP contribution is 2.11. The third kappa shape index (κ3) is 2.86. The van der Waals surface area contributed by atoms with Crippen LogP contribution >= 0.6 is 15.9 Å². The van der Waals surface area contributed by atoms with E-state index in [9.17, 15) is 0 Å². The monoisotopic (exact) mass is 262 g/mol. The van der Waals surface area contributed by atoms with E-state index >= 15 is 0 Å². The number of benzene rings is 1. The molecule has 2 rings (SSSR count). The van der Waals surface area contributed by atoms with Crippen molar-refractivity contribution in [2.75, 3.05) is 0 Å². The highest BCUT2D eigenvalue weighted by molar-refractivity contribution is 9.10. The molecule has 0 fully saturated rings. The minimum absolute atomic E-state index is 0.833. The second-order valence-electron chi connectivity index (χ2n) is 3.50. The maximum absolute atomic E-state index is 4.22. The SMILES string of the molecule is Cc1cccc(Cc2cc(Br)ncn2)c1. The molecule has 0 radical (unpaired) electrons. The van der Waals surface area contributed by atoms with Crippen LogP contribution in [0.15, 0.2) is 41.3 Å². The average Bonchev–Trinajstić information content (AvgIpc) is 2.17. The van der Waals surface area contributed by atoms with Gasteiger partial charge in [0.2, 0.25) is 0 Å². The first-order chi connectivity index (χ1) is 7.24. The lowest BCUT2D eigenvalue weighted by Crippen LogP contribution is -1.93. The Hall–Kier alpha value is -1.22. The molecule has 0 spiro atoms. The fourth-order valence-electron chi connectivity index (χ4n) is 1.50. The molecule has 0 N–H and O–H groups in total. The van der Waals surface area contributed by atoms with Crippen molar-refractivity contribution in [3.8, 4) is 0 Å². The number of hydrogen-bond donors (Lipinski definition) is 0. The number of halogens is 1. The molecule has 0 bridgehead atoms. The molecule has 15 heavy (non-hydrogen) atoms. The Labute approximate surface area is 97.5 Å². The van der Waals surface area contributed by atoms with Crippen LogP contribution < -0.4 is 0 Å². The van der Waals surface area contributed by atoms with Crippen molar-refractivity contribution in [1.29, 1.82) is 0 Å². The molecule has 0 aliphatic heterocycles. The van der Waals surface area contributed by atoms with Gasteiger partial charge in [-0.05, 0) is 34.5 Å². The van der Waals surface area contributed by atoms with E-state index in [-0.39, 0.29) is 0 Å². The Balaban J connectivity index is 2.22. The number of nitrogens with zero attached hydrogens (tertiary/aromatic N) is 2. The molecule has 3 heteroatoms. The van der Waals surface area contributed by atoms with Crippen molar-refractivity contribution < 1.29 is 0 Å². The van der Waals surface area contributed by atoms with Crippen LogP contribution in [0.3, 0.4) is 0 Å². The molecule has 0 saturated heterocycles. The third-order valence-corrected chi connectivity index (χ3v) is 2.59. The van der Waals surface area contributed by atoms with Crippen LogP contribution in [0.5, 0.6) is 0 Å². The highest BCUT2D eigenvalue weighted by atomic mass is 79.9. The molecule has 0 atom stereocenters. The fourth-order valence-corrected chi connectivity index (χ4v) is 1.85. The zero-order valence-corrected chi connectivity index (χ0v) is 10.0. The van der Waals surface area contributed by atoms with Gasteiger partial charge >= 0.3 is 0 Å². The largest absolute Gasteiger partial charge is 0.241 e. The van der Waals surface area contributed by atoms with Crippen molar-refractivity contribution in [2.45, 2.75) is 13.3 Å². The van der Waals surface area contributed by atoms with Crippen molar-refractivity contribution in [2.24, 2.45) is 0 Å². The van der Waals surface area contributed by atoms with Gasteiger partial charge in [0.1, 0.15) is 10.9 Å². The molecule has 2 nitrogen and oxygen atoms in total. The number of aryl methyl sites for hydroxylation is 1. The Morgan fingerprint density at radius 1 is 1.20 bits per heavy atom. The molecule has 0 unspecified atom stereocenters. The second-order valence-corrected chi connectivity index (χ2v) is 4.31. The lowest BCUT2D eigenvalue weighted by Gasteiger charge is -2.02. The summed E-state index contributed by atoms with van der Waals surface area (Å²) in [4.78, 5) is 8.23. The Kier molecular flexibility index (Phi) is 3.11. The Morgan fingerprint density at radius 3 is 2.80 bits per heavy atom. The molecule has 1 heterocycles. The van der Waals surface area contributed by atoms with Crippen molar-refractivity contribution in [1.82, 2.24) is 9.97 Å². The summed E-state index contributed by atoms with van der Waals surface area (Å²) >= 11 is 3.34. The van der Waals surface area contributed by atoms with Crippen LogP contribution in [0, 0.1) is 6.92 Å². The van der Waals surface area contributed by atoms with E-state index in [1.807, 2.05) is 6.07 Å². The van der Waals surface area contributed by atoms with Crippen LogP contribution in [-0.2, 0) is 6.42 Å². The number of aromatic nitrogens is 2. The molecule has 76 valence electrons. The van der Waals surface area contributed by atoms with Gasteiger partial charge in [-0.25, -0.2) is 9.97 Å². The second kappa shape index (κ2) is 4.53. The summed E-state index contributed by atoms with van der Waals surface area (Å²) in [6, 6.07) is 10.4. The van der Waals surface area contributed by atoms with E-state index in [0.717, 1.165) is 16.7 Å². The minimum atomic E-state index is 0.833. The first-order valence-electron chi connectivity index (χ1n) is 4.76. The van der Waals surface area contributed by atoms with Gasteiger partial charge in [-0.15, -0.1) is 0 Å². The lowest BCUT2D eigenvalue weighted by molar-refractivity contribution is 1.01. The van der Waals surface area contributed by atoms with Crippen molar-refractivity contribution in [3.63, 3.8) is 0 Å². The van der Waals surface area contributed by atoms with Gasteiger partial charge < -0.3 is 0 Å². The molecule has 1 aromatic carbocycles. The Morgan fingerprint density at radius 2 is 2.07 bits per heavy atom. The van der Waals surface area contributed by atoms with Crippen molar-refractivity contribution in [3.05, 3.63) is 58.1 Å². The van der Waals surface area contributed by atoms with Crippen molar-refractivity contribution >= 4 is 15.9 Å². The molecular weight excluding hydrogens is 252 g/mol. The summed E-state index contributed by atoms with van der Waals surface area (Å²) in [6.07, 6.45) is 2.43. The van der Waals surface area contributed by atoms with E-state index in [1.54, 1.807) is 6.33 Å². The minimum Gasteiger partial charge on any atom is -0.241 e. The van der Waals surface area contributed by atoms with E-state index in [2.05, 4.69) is 57.1 Å². The highest BCUT2D eigenvalue weighted by Gasteiger charge is 1.99. The van der Waals surface area contributed by atoms with Gasteiger partial charge in [0.15, 0.2) is 0 Å². The molecule has 0 aliphatic carbocycles. The van der Waals surface area contributed by atoms with Gasteiger partial charge in [-0.3, -0.25) is 0 Å². The number of rotatable bonds is 2. The summed E-state index contributed by atoms with van der Waals surface area (Å²) in [5, 5.41) is 0. The van der Waals surface area contributed by atoms with Gasteiger partial charge in [0, 0.05) is 12.1 Å². The average molecular weight is 263 g/mol. The predicted octanol–water partition coefficient (Wildman–Crippen LogP) is 3.14. The van der Waals surface area contributed by atoms with E-state index < -0.39 is 0 Å². The van der Waals surface area contributed by atoms with Gasteiger partial charge in [-0.2, -0.15) is 0 Å². The van der Waals surface area contributed by atoms with Crippen LogP contribution in [0.1, 0.15) is 16.8 Å². The van der Waals surface area contributed by atoms with Gasteiger partial charge in [0.05, 0.1) is 0 Å². The summed E-state index contributed by atoms with van der Waals surface area (Å²) in [7, 11) is 0. The zero-order chi connectivity index (χ0) is 10.7. The molecule has 0 saturated carbocycles. The normalized spacial score (nSPS) is 10.3. The zero-order valence-electron chi connectivity index (χ0n) is 8.44. The number of hydrogen-bond acceptors (Lipinski definition) is 2. The first kappa shape index (κ1) is 10.3. The standard InChI is InChI=1S/C12H11BrN2/c1-9-3-2-4-10(5-9)6-11-7-12(13)15-8-14-11/h2-5,7-8H,6H2,1H3. The van der Waals surface area contributed by atoms with Gasteiger partial charge in [0.25, 0.3) is 0 Å². The van der Waals surface area contributed by atoms with Crippen LogP contribution in [0.4, 0.5) is 0 Å². The lowest BCUT2D eigenvalue weighted by atomic mass is 10.1. The smallest absolute Gasteiger partial charge is 0.116 e. The summed E-state index contributed by atoms with van der Waals surface area (Å²) in [5.41, 5.74) is 3.59. The van der Waals surface area contributed by atoms with E-state index in [1.165, 1.54) is 11.1 Å². The summed E-state index contributed by atoms with van der Waals surface area (Å²) < 4.78 is 0.833. The van der Waals surface area contributed by atoms with E-state index in [4.69, 9.17) is 0 Å². The van der Waals surface area contributed by atoms with Crippen LogP contribution in [-0.4, -0.2) is 9.97 Å². The predicted molar refractivity (Wildman–Crippen MR) is 63.7 cm³/mol. The molecule has 1 aromatic heterocycles. The van der Waals surface area contributed by atoms with Crippen LogP contribution in [0.25, 0.3) is 0 Å². The Bertz CT molecular complexity index is 425. The van der Waals surface area contributed by atoms with Gasteiger partial charge in [-0.1, -0.05) is 29.8 Å². The fraction of sp³-hybridized carbons (Fsp3) is 0.167. The van der Waals surface area contributed by atoms with Crippen LogP contribution in [0.2, 0.25) is 0 Å². The van der Waals surface area contributed by atoms with E-state index in [0.29, 0.717) is 0 Å². The molecular formula is C12H11BrN2. The maximum Gasteiger partial charge on any atom is 0.116 e. The molecule has 2 aromatic rings. The molecule has 0 amide bonds. The first-order valence-corrected chi connectivity index (χ1v) is 5.55. The third-order valence-electron chi connectivity index (χ3n) is 2.16.